The van der Waals surface area contributed by atoms with Gasteiger partial charge in [0.05, 0.1) is 5.71 Å². The van der Waals surface area contributed by atoms with Gasteiger partial charge in [0.2, 0.25) is 0 Å². The van der Waals surface area contributed by atoms with E-state index in [2.05, 4.69) is 25.9 Å². The van der Waals surface area contributed by atoms with Crippen molar-refractivity contribution in [3.05, 3.63) is 60.2 Å². The van der Waals surface area contributed by atoms with Gasteiger partial charge in [0.15, 0.2) is 0 Å². The van der Waals surface area contributed by atoms with Crippen LogP contribution in [0.1, 0.15) is 26.3 Å². The fourth-order valence-corrected chi connectivity index (χ4v) is 2.01. The zero-order valence-electron chi connectivity index (χ0n) is 12.1. The Morgan fingerprint density at radius 1 is 0.900 bits per heavy atom. The molecule has 20 heavy (non-hydrogen) atoms. The van der Waals surface area contributed by atoms with Crippen LogP contribution in [-0.4, -0.2) is 5.71 Å². The van der Waals surface area contributed by atoms with Crippen molar-refractivity contribution < 1.29 is 4.74 Å². The second kappa shape index (κ2) is 5.78. The summed E-state index contributed by atoms with van der Waals surface area (Å²) in [5, 5.41) is 3.92. The highest BCUT2D eigenvalue weighted by Gasteiger charge is 2.20. The van der Waals surface area contributed by atoms with Crippen molar-refractivity contribution in [3.63, 3.8) is 0 Å². The second-order valence-electron chi connectivity index (χ2n) is 5.67. The molecule has 2 N–H and O–H groups in total. The Balaban J connectivity index is 2.19. The predicted octanol–water partition coefficient (Wildman–Crippen LogP) is 4.19. The minimum atomic E-state index is -0.0868. The van der Waals surface area contributed by atoms with Crippen molar-refractivity contribution in [1.29, 1.82) is 0 Å². The number of hydrazone groups is 1. The van der Waals surface area contributed by atoms with Gasteiger partial charge in [-0.25, -0.2) is 0 Å². The van der Waals surface area contributed by atoms with E-state index in [1.807, 2.05) is 54.6 Å². The van der Waals surface area contributed by atoms with Crippen molar-refractivity contribution in [1.82, 2.24) is 0 Å². The van der Waals surface area contributed by atoms with Crippen LogP contribution in [0.15, 0.2) is 59.7 Å². The van der Waals surface area contributed by atoms with Gasteiger partial charge in [-0.1, -0.05) is 39.0 Å². The van der Waals surface area contributed by atoms with Crippen LogP contribution in [0.5, 0.6) is 11.5 Å². The second-order valence-corrected chi connectivity index (χ2v) is 5.67. The fourth-order valence-electron chi connectivity index (χ4n) is 2.01. The first-order valence-electron chi connectivity index (χ1n) is 6.62. The van der Waals surface area contributed by atoms with Crippen LogP contribution < -0.4 is 10.6 Å². The van der Waals surface area contributed by atoms with Crippen molar-refractivity contribution >= 4 is 5.71 Å². The quantitative estimate of drug-likeness (QED) is 0.515. The molecule has 0 aliphatic carbocycles. The number of hydrogen-bond acceptors (Lipinski definition) is 3. The van der Waals surface area contributed by atoms with Crippen LogP contribution in [0.2, 0.25) is 0 Å². The van der Waals surface area contributed by atoms with Crippen LogP contribution in [0.4, 0.5) is 0 Å². The highest BCUT2D eigenvalue weighted by Crippen LogP contribution is 2.25. The summed E-state index contributed by atoms with van der Waals surface area (Å²) >= 11 is 0. The van der Waals surface area contributed by atoms with Crippen LogP contribution in [0.25, 0.3) is 0 Å². The van der Waals surface area contributed by atoms with E-state index in [9.17, 15) is 0 Å². The number of benzene rings is 2. The number of para-hydroxylation sites is 1. The Hall–Kier alpha value is -2.29. The summed E-state index contributed by atoms with van der Waals surface area (Å²) < 4.78 is 5.76. The van der Waals surface area contributed by atoms with Crippen molar-refractivity contribution in [2.45, 2.75) is 20.8 Å². The maximum Gasteiger partial charge on any atom is 0.127 e. The molecule has 0 saturated carbocycles. The molecule has 0 amide bonds. The molecule has 0 aliphatic heterocycles. The summed E-state index contributed by atoms with van der Waals surface area (Å²) in [4.78, 5) is 0. The maximum absolute atomic E-state index is 5.76. The third-order valence-electron chi connectivity index (χ3n) is 2.95. The molecule has 2 aromatic rings. The van der Waals surface area contributed by atoms with E-state index in [0.29, 0.717) is 0 Å². The molecular weight excluding hydrogens is 248 g/mol. The van der Waals surface area contributed by atoms with E-state index in [0.717, 1.165) is 22.8 Å². The summed E-state index contributed by atoms with van der Waals surface area (Å²) in [6.07, 6.45) is 0. The number of ether oxygens (including phenoxy) is 1. The number of hydrogen-bond donors (Lipinski definition) is 1. The summed E-state index contributed by atoms with van der Waals surface area (Å²) in [7, 11) is 0. The molecule has 0 fully saturated rings. The number of nitrogens with zero attached hydrogens (tertiary/aromatic N) is 1. The van der Waals surface area contributed by atoms with Gasteiger partial charge in [0, 0.05) is 5.41 Å². The Bertz CT molecular complexity index is 581. The van der Waals surface area contributed by atoms with Gasteiger partial charge in [-0.15, -0.1) is 0 Å². The lowest BCUT2D eigenvalue weighted by atomic mass is 9.85. The van der Waals surface area contributed by atoms with Gasteiger partial charge in [-0.3, -0.25) is 0 Å². The monoisotopic (exact) mass is 268 g/mol. The van der Waals surface area contributed by atoms with E-state index in [4.69, 9.17) is 10.6 Å². The molecule has 0 unspecified atom stereocenters. The van der Waals surface area contributed by atoms with Crippen LogP contribution in [-0.2, 0) is 0 Å². The van der Waals surface area contributed by atoms with Crippen molar-refractivity contribution in [3.8, 4) is 11.5 Å². The lowest BCUT2D eigenvalue weighted by Crippen LogP contribution is -2.22. The third-order valence-corrected chi connectivity index (χ3v) is 2.95. The maximum atomic E-state index is 5.76. The average molecular weight is 268 g/mol. The minimum Gasteiger partial charge on any atom is -0.457 e. The average Bonchev–Trinajstić information content (AvgIpc) is 2.41. The lowest BCUT2D eigenvalue weighted by molar-refractivity contribution is 0.482. The smallest absolute Gasteiger partial charge is 0.127 e. The molecule has 0 saturated heterocycles. The van der Waals surface area contributed by atoms with Gasteiger partial charge in [0.25, 0.3) is 0 Å². The van der Waals surface area contributed by atoms with E-state index >= 15 is 0 Å². The van der Waals surface area contributed by atoms with Gasteiger partial charge in [-0.2, -0.15) is 5.10 Å². The topological polar surface area (TPSA) is 47.6 Å². The van der Waals surface area contributed by atoms with Crippen LogP contribution >= 0.6 is 0 Å². The zero-order valence-corrected chi connectivity index (χ0v) is 12.1. The van der Waals surface area contributed by atoms with Crippen LogP contribution in [0.3, 0.4) is 0 Å². The minimum absolute atomic E-state index is 0.0868. The molecule has 0 heterocycles. The molecular formula is C17H20N2O. The highest BCUT2D eigenvalue weighted by molar-refractivity contribution is 6.04. The third kappa shape index (κ3) is 3.38. The van der Waals surface area contributed by atoms with Crippen molar-refractivity contribution in [2.24, 2.45) is 16.4 Å². The van der Waals surface area contributed by atoms with Crippen LogP contribution in [0, 0.1) is 5.41 Å². The molecule has 104 valence electrons. The number of nitrogens with two attached hydrogens (primary N) is 1. The molecule has 0 bridgehead atoms. The molecule has 0 atom stereocenters. The van der Waals surface area contributed by atoms with Gasteiger partial charge in [-0.05, 0) is 42.0 Å². The molecule has 2 rings (SSSR count). The first kappa shape index (κ1) is 14.1. The van der Waals surface area contributed by atoms with Gasteiger partial charge in [0.1, 0.15) is 11.5 Å². The Labute approximate surface area is 120 Å². The normalized spacial score (nSPS) is 12.2. The van der Waals surface area contributed by atoms with E-state index in [1.165, 1.54) is 0 Å². The summed E-state index contributed by atoms with van der Waals surface area (Å²) in [5.74, 6) is 7.13. The molecule has 0 aromatic heterocycles. The fraction of sp³-hybridized carbons (Fsp3) is 0.235. The molecule has 0 spiro atoms. The molecule has 0 radical (unpaired) electrons. The zero-order chi connectivity index (χ0) is 14.6. The Morgan fingerprint density at radius 3 is 1.95 bits per heavy atom. The van der Waals surface area contributed by atoms with E-state index in [-0.39, 0.29) is 5.41 Å². The number of rotatable bonds is 3. The highest BCUT2D eigenvalue weighted by atomic mass is 16.5. The summed E-state index contributed by atoms with van der Waals surface area (Å²) in [6.45, 7) is 6.27. The largest absolute Gasteiger partial charge is 0.457 e. The Morgan fingerprint density at radius 2 is 1.45 bits per heavy atom. The van der Waals surface area contributed by atoms with E-state index < -0.39 is 0 Å². The first-order chi connectivity index (χ1) is 9.50. The molecule has 0 aliphatic rings. The Kier molecular flexibility index (Phi) is 4.08. The van der Waals surface area contributed by atoms with E-state index in [1.54, 1.807) is 0 Å². The molecule has 3 heteroatoms. The molecule has 2 aromatic carbocycles. The summed E-state index contributed by atoms with van der Waals surface area (Å²) in [5.41, 5.74) is 1.81. The molecule has 3 nitrogen and oxygen atoms in total. The predicted molar refractivity (Wildman–Crippen MR) is 83.1 cm³/mol. The van der Waals surface area contributed by atoms with Gasteiger partial charge >= 0.3 is 0 Å². The van der Waals surface area contributed by atoms with Gasteiger partial charge < -0.3 is 10.6 Å². The lowest BCUT2D eigenvalue weighted by Gasteiger charge is -2.20. The standard InChI is InChI=1S/C17H20N2O/c1-17(2,3)16(19-18)13-9-11-15(12-10-13)20-14-7-5-4-6-8-14/h4-12H,18H2,1-3H3/b19-16+. The van der Waals surface area contributed by atoms with Crippen molar-refractivity contribution in [2.75, 3.05) is 0 Å². The summed E-state index contributed by atoms with van der Waals surface area (Å²) in [6, 6.07) is 17.5. The first-order valence-corrected chi connectivity index (χ1v) is 6.62. The SMILES string of the molecule is CC(C)(C)/C(=N/N)c1ccc(Oc2ccccc2)cc1.